The highest BCUT2D eigenvalue weighted by Crippen LogP contribution is 2.15. The Morgan fingerprint density at radius 1 is 0.345 bits per heavy atom. The number of nitrogens with one attached hydrogen (secondary N) is 11. The van der Waals surface area contributed by atoms with Gasteiger partial charge in [-0.05, 0) is 146 Å². The van der Waals surface area contributed by atoms with Crippen LogP contribution >= 0.6 is 0 Å². The number of quaternary nitrogens is 1. The molecule has 0 saturated heterocycles. The third-order valence-corrected chi connectivity index (χ3v) is 17.1. The lowest BCUT2D eigenvalue weighted by Gasteiger charge is -2.28. The largest absolute Gasteiger partial charge is 0.508 e. The van der Waals surface area contributed by atoms with Crippen LogP contribution in [0, 0.1) is 0 Å². The number of carbonyl (C=O) groups excluding carboxylic acids is 13. The van der Waals surface area contributed by atoms with Crippen LogP contribution < -0.4 is 144 Å². The highest BCUT2D eigenvalue weighted by molar-refractivity contribution is 5.99. The lowest BCUT2D eigenvalue weighted by Crippen LogP contribution is -2.60. The third-order valence-electron chi connectivity index (χ3n) is 17.1. The molecule has 10 atom stereocenters. The number of benzene rings is 1. The van der Waals surface area contributed by atoms with E-state index in [1.807, 2.05) is 21.1 Å². The summed E-state index contributed by atoms with van der Waals surface area (Å²) in [6, 6.07) is -8.75. The van der Waals surface area contributed by atoms with Crippen LogP contribution in [-0.2, 0) is 68.7 Å². The Kier molecular flexibility index (Phi) is 49.1. The molecule has 0 radical (unpaired) electrons. The van der Waals surface area contributed by atoms with Gasteiger partial charge in [-0.3, -0.25) is 92.3 Å². The molecule has 0 unspecified atom stereocenters. The summed E-state index contributed by atoms with van der Waals surface area (Å²) in [5, 5.41) is 38.4. The van der Waals surface area contributed by atoms with Gasteiger partial charge in [0.25, 0.3) is 0 Å². The monoisotopic (exact) mass is 1640 g/mol. The van der Waals surface area contributed by atoms with Crippen molar-refractivity contribution in [2.75, 3.05) is 80.0 Å². The van der Waals surface area contributed by atoms with Crippen LogP contribution in [-0.4, -0.2) is 263 Å². The number of phenols is 1. The van der Waals surface area contributed by atoms with E-state index in [9.17, 15) is 62.6 Å². The minimum absolute atomic E-state index is 0.00246. The molecule has 47 nitrogen and oxygen atoms in total. The molecule has 13 amide bonds. The molecular weight excluding hydrogens is 1510 g/mol. The summed E-state index contributed by atoms with van der Waals surface area (Å²) in [5.41, 5.74) is 84.4. The number of primary amides is 2. The number of nitrogens with zero attached hydrogens (tertiary/aromatic N) is 7. The summed E-state index contributed by atoms with van der Waals surface area (Å²) in [5.74, 6) is -13.4. The number of nitrogens with two attached hydrogens (primary N) is 15. The summed E-state index contributed by atoms with van der Waals surface area (Å²) in [4.78, 5) is 206. The zero-order valence-electron chi connectivity index (χ0n) is 66.8. The number of amides is 13. The van der Waals surface area contributed by atoms with Gasteiger partial charge in [-0.25, -0.2) is 0 Å². The molecule has 1 aromatic carbocycles. The SMILES string of the molecule is CC(=O)N[C@@H](Cc1ccc(O)cc1)C(=O)NCC(=O)N[C@@H](CCCN=C(N)N)C(=O)N[C@@H](CCCCN)C(=O)N[C@@H](CCCC[N+](C)(C)C)C(=O)N[C@@H](CCCN=C(N)N)C(=O)N[C@@H](CCCN=C(N)N)C(=O)N[C@@H](CCC(N)=O)C(=O)N[C@@H](CCCN=C(N)N)C(=O)N[C@@H](CCCN=C(N)N)C(=O)N[C@@H](CCCN=C(N)N)C(N)=O. The number of hydrogen-bond donors (Lipinski definition) is 27. The highest BCUT2D eigenvalue weighted by atomic mass is 16.3. The predicted octanol–water partition coefficient (Wildman–Crippen LogP) is -11.0. The molecule has 0 bridgehead atoms. The average molecular weight is 1640 g/mol. The Morgan fingerprint density at radius 3 is 0.897 bits per heavy atom. The van der Waals surface area contributed by atoms with Crippen LogP contribution in [0.4, 0.5) is 0 Å². The van der Waals surface area contributed by atoms with Gasteiger partial charge in [0, 0.05) is 59.0 Å². The van der Waals surface area contributed by atoms with Crippen molar-refractivity contribution in [2.24, 2.45) is 116 Å². The number of aliphatic imine (C=N–C) groups is 6. The second-order valence-electron chi connectivity index (χ2n) is 28.3. The van der Waals surface area contributed by atoms with Crippen LogP contribution in [0.3, 0.4) is 0 Å². The Hall–Kier alpha value is -12.3. The zero-order valence-corrected chi connectivity index (χ0v) is 66.8. The number of hydrogen-bond acceptors (Lipinski definition) is 21. The lowest BCUT2D eigenvalue weighted by molar-refractivity contribution is -0.870. The van der Waals surface area contributed by atoms with Crippen molar-refractivity contribution in [3.8, 4) is 5.75 Å². The molecule has 1 rings (SSSR count). The fourth-order valence-corrected chi connectivity index (χ4v) is 11.2. The van der Waals surface area contributed by atoms with Gasteiger partial charge in [-0.2, -0.15) is 0 Å². The first-order chi connectivity index (χ1) is 54.6. The molecule has 0 aromatic heterocycles. The van der Waals surface area contributed by atoms with Crippen molar-refractivity contribution in [1.29, 1.82) is 0 Å². The quantitative estimate of drug-likeness (QED) is 0.0125. The minimum Gasteiger partial charge on any atom is -0.508 e. The standard InChI is InChI=1S/C69H127N33O14/c1-39(103)92-51(37-40-23-25-41(104)26-24-40)55(108)91-38-53(106)93-43(18-10-31-86-65(75)76)56(109)95-44(15-5-7-29-70)58(111)96-45(16-6-8-36-102(2,3)4)59(112)98-47(20-12-33-88-67(79)80)60(113)99-49(22-14-35-90-69(83)84)62(115)101-50(27-28-52(71)105)63(116)100-48(21-13-34-89-68(81)82)61(114)97-46(19-11-32-87-66(77)78)57(110)94-42(54(72)107)17-9-30-85-64(73)74/h23-26,42-51H,5-22,27-38,70H2,1-4H3,(H39-,71,72,73,74,75,76,77,78,79,80,81,82,83,84,85,86,87,88,89,90,91,92,93,94,95,96,97,98,99,100,101,103,104,105,106,107,108,109,110,111,112,113,114,115,116)/p+1/t42-,43-,44-,45-,46-,47-,48-,49-,50-,51-/m0/s1. The van der Waals surface area contributed by atoms with Gasteiger partial charge in [0.05, 0.1) is 34.2 Å². The van der Waals surface area contributed by atoms with Crippen LogP contribution in [0.15, 0.2) is 54.2 Å². The Morgan fingerprint density at radius 2 is 0.621 bits per heavy atom. The van der Waals surface area contributed by atoms with Gasteiger partial charge in [-0.15, -0.1) is 0 Å². The second kappa shape index (κ2) is 56.0. The topological polar surface area (TPSA) is 839 Å². The Labute approximate surface area is 674 Å². The summed E-state index contributed by atoms with van der Waals surface area (Å²) in [7, 11) is 5.84. The van der Waals surface area contributed by atoms with E-state index in [0.717, 1.165) is 0 Å². The van der Waals surface area contributed by atoms with Crippen molar-refractivity contribution in [1.82, 2.24) is 58.5 Å². The number of aromatic hydroxyl groups is 1. The molecule has 116 heavy (non-hydrogen) atoms. The first-order valence-corrected chi connectivity index (χ1v) is 38.1. The second-order valence-corrected chi connectivity index (χ2v) is 28.3. The summed E-state index contributed by atoms with van der Waals surface area (Å²) in [6.07, 6.45) is -0.334. The number of guanidine groups is 6. The van der Waals surface area contributed by atoms with Gasteiger partial charge in [0.1, 0.15) is 66.2 Å². The maximum Gasteiger partial charge on any atom is 0.243 e. The van der Waals surface area contributed by atoms with E-state index in [1.165, 1.54) is 19.1 Å². The van der Waals surface area contributed by atoms with Gasteiger partial charge in [0.15, 0.2) is 35.8 Å². The van der Waals surface area contributed by atoms with Gasteiger partial charge >= 0.3 is 0 Å². The zero-order chi connectivity index (χ0) is 87.5. The van der Waals surface area contributed by atoms with Crippen molar-refractivity contribution in [3.63, 3.8) is 0 Å². The number of unbranched alkanes of at least 4 members (excludes halogenated alkanes) is 2. The highest BCUT2D eigenvalue weighted by Gasteiger charge is 2.36. The van der Waals surface area contributed by atoms with Crippen molar-refractivity contribution in [3.05, 3.63) is 29.8 Å². The van der Waals surface area contributed by atoms with E-state index in [2.05, 4.69) is 88.4 Å². The minimum atomic E-state index is -1.73. The summed E-state index contributed by atoms with van der Waals surface area (Å²) >= 11 is 0. The molecule has 0 aliphatic heterocycles. The number of carbonyl (C=O) groups is 13. The lowest BCUT2D eigenvalue weighted by atomic mass is 10.0. The van der Waals surface area contributed by atoms with Gasteiger partial charge < -0.3 is 154 Å². The fraction of sp³-hybridized carbons (Fsp3) is 0.638. The number of rotatable bonds is 60. The Bertz CT molecular complexity index is 3510. The van der Waals surface area contributed by atoms with E-state index in [-0.39, 0.29) is 190 Å². The summed E-state index contributed by atoms with van der Waals surface area (Å²) in [6.45, 7) is 1.09. The Balaban J connectivity index is 4.01. The van der Waals surface area contributed by atoms with E-state index in [4.69, 9.17) is 86.0 Å². The first kappa shape index (κ1) is 102. The first-order valence-electron chi connectivity index (χ1n) is 38.1. The van der Waals surface area contributed by atoms with Crippen LogP contribution in [0.2, 0.25) is 0 Å². The van der Waals surface area contributed by atoms with Gasteiger partial charge in [-0.1, -0.05) is 12.1 Å². The molecule has 0 aliphatic carbocycles. The normalized spacial score (nSPS) is 13.5. The molecule has 0 fully saturated rings. The van der Waals surface area contributed by atoms with Crippen LogP contribution in [0.5, 0.6) is 5.75 Å². The molecule has 0 heterocycles. The number of phenolic OH excluding ortho intramolecular Hbond substituents is 1. The van der Waals surface area contributed by atoms with Crippen molar-refractivity contribution < 1.29 is 71.9 Å². The van der Waals surface area contributed by atoms with Crippen LogP contribution in [0.25, 0.3) is 0 Å². The van der Waals surface area contributed by atoms with E-state index < -0.39 is 157 Å². The summed E-state index contributed by atoms with van der Waals surface area (Å²) < 4.78 is 0.516. The van der Waals surface area contributed by atoms with E-state index >= 15 is 4.79 Å². The van der Waals surface area contributed by atoms with Gasteiger partial charge in [0.2, 0.25) is 76.8 Å². The molecule has 0 aliphatic rings. The van der Waals surface area contributed by atoms with Crippen molar-refractivity contribution in [2.45, 2.75) is 202 Å². The average Bonchev–Trinajstić information content (AvgIpc) is 0.859. The van der Waals surface area contributed by atoms with E-state index in [0.29, 0.717) is 35.9 Å². The molecule has 47 heteroatoms. The van der Waals surface area contributed by atoms with E-state index in [1.54, 1.807) is 12.1 Å². The van der Waals surface area contributed by atoms with Crippen molar-refractivity contribution >= 4 is 113 Å². The molecule has 652 valence electrons. The fourth-order valence-electron chi connectivity index (χ4n) is 11.2. The smallest absolute Gasteiger partial charge is 0.243 e. The predicted molar refractivity (Wildman–Crippen MR) is 437 cm³/mol. The maximum atomic E-state index is 15.0. The van der Waals surface area contributed by atoms with Crippen LogP contribution in [0.1, 0.15) is 141 Å². The third kappa shape index (κ3) is 47.9. The maximum absolute atomic E-state index is 15.0. The molecule has 0 spiro atoms. The molecular formula is C69H128N33O14+. The molecule has 42 N–H and O–H groups in total. The molecule has 0 saturated carbocycles. The molecule has 1 aromatic rings.